The van der Waals surface area contributed by atoms with E-state index >= 15 is 0 Å². The van der Waals surface area contributed by atoms with Gasteiger partial charge < -0.3 is 5.32 Å². The molecule has 0 amide bonds. The number of hydrogen-bond donors (Lipinski definition) is 1. The third kappa shape index (κ3) is 3.38. The van der Waals surface area contributed by atoms with E-state index in [1.54, 1.807) is 12.1 Å². The zero-order chi connectivity index (χ0) is 14.0. The van der Waals surface area contributed by atoms with Gasteiger partial charge in [0.25, 0.3) is 5.69 Å². The van der Waals surface area contributed by atoms with E-state index in [4.69, 9.17) is 0 Å². The number of nitrogens with one attached hydrogen (secondary N) is 1. The second-order valence-corrected chi connectivity index (χ2v) is 7.01. The standard InChI is InChI=1S/C14H19IN2O2/c1-14(2)8-4-3-5-13(14)16-12-7-6-10(17(18)19)9-11(12)15/h6-7,9,13,16H,3-5,8H2,1-2H3. The second-order valence-electron chi connectivity index (χ2n) is 5.85. The van der Waals surface area contributed by atoms with Gasteiger partial charge in [-0.15, -0.1) is 0 Å². The molecule has 1 fully saturated rings. The number of rotatable bonds is 3. The molecule has 5 heteroatoms. The molecule has 1 aromatic rings. The summed E-state index contributed by atoms with van der Waals surface area (Å²) in [6.45, 7) is 4.59. The molecule has 1 atom stereocenters. The van der Waals surface area contributed by atoms with Crippen LogP contribution < -0.4 is 5.32 Å². The van der Waals surface area contributed by atoms with Crippen LogP contribution in [0.4, 0.5) is 11.4 Å². The van der Waals surface area contributed by atoms with Crippen molar-refractivity contribution in [2.45, 2.75) is 45.6 Å². The van der Waals surface area contributed by atoms with Gasteiger partial charge in [0, 0.05) is 27.4 Å². The van der Waals surface area contributed by atoms with E-state index in [0.29, 0.717) is 6.04 Å². The highest BCUT2D eigenvalue weighted by Gasteiger charge is 2.32. The van der Waals surface area contributed by atoms with Crippen molar-refractivity contribution in [3.63, 3.8) is 0 Å². The van der Waals surface area contributed by atoms with Gasteiger partial charge in [-0.3, -0.25) is 10.1 Å². The lowest BCUT2D eigenvalue weighted by molar-refractivity contribution is -0.384. The van der Waals surface area contributed by atoms with E-state index in [1.807, 2.05) is 6.07 Å². The lowest BCUT2D eigenvalue weighted by atomic mass is 9.73. The van der Waals surface area contributed by atoms with Crippen LogP contribution >= 0.6 is 22.6 Å². The van der Waals surface area contributed by atoms with Crippen LogP contribution in [0, 0.1) is 19.1 Å². The van der Waals surface area contributed by atoms with Crippen LogP contribution in [0.2, 0.25) is 0 Å². The fourth-order valence-electron chi connectivity index (χ4n) is 2.68. The Hall–Kier alpha value is -0.850. The van der Waals surface area contributed by atoms with Crippen LogP contribution in [-0.2, 0) is 0 Å². The minimum atomic E-state index is -0.351. The Kier molecular flexibility index (Phi) is 4.32. The Morgan fingerprint density at radius 3 is 2.74 bits per heavy atom. The first-order valence-corrected chi connectivity index (χ1v) is 7.68. The lowest BCUT2D eigenvalue weighted by Gasteiger charge is -2.39. The van der Waals surface area contributed by atoms with Crippen molar-refractivity contribution in [1.29, 1.82) is 0 Å². The molecule has 0 saturated heterocycles. The predicted octanol–water partition coefficient (Wildman–Crippen LogP) is 4.58. The van der Waals surface area contributed by atoms with Gasteiger partial charge in [0.2, 0.25) is 0 Å². The molecule has 0 radical (unpaired) electrons. The quantitative estimate of drug-likeness (QED) is 0.479. The number of anilines is 1. The van der Waals surface area contributed by atoms with E-state index in [1.165, 1.54) is 25.7 Å². The zero-order valence-corrected chi connectivity index (χ0v) is 13.4. The summed E-state index contributed by atoms with van der Waals surface area (Å²) in [4.78, 5) is 10.4. The Morgan fingerprint density at radius 2 is 2.16 bits per heavy atom. The van der Waals surface area contributed by atoms with Gasteiger partial charge in [-0.1, -0.05) is 26.7 Å². The monoisotopic (exact) mass is 374 g/mol. The average molecular weight is 374 g/mol. The molecule has 1 saturated carbocycles. The van der Waals surface area contributed by atoms with Gasteiger partial charge in [-0.05, 0) is 46.9 Å². The number of hydrogen-bond acceptors (Lipinski definition) is 3. The van der Waals surface area contributed by atoms with Crippen LogP contribution in [0.1, 0.15) is 39.5 Å². The number of benzene rings is 1. The summed E-state index contributed by atoms with van der Waals surface area (Å²) in [5.74, 6) is 0. The van der Waals surface area contributed by atoms with Crippen molar-refractivity contribution in [2.75, 3.05) is 5.32 Å². The normalized spacial score (nSPS) is 21.9. The van der Waals surface area contributed by atoms with Crippen molar-refractivity contribution < 1.29 is 4.92 Å². The second kappa shape index (κ2) is 5.64. The van der Waals surface area contributed by atoms with Crippen LogP contribution in [0.5, 0.6) is 0 Å². The van der Waals surface area contributed by atoms with Crippen LogP contribution in [0.15, 0.2) is 18.2 Å². The number of nitrogens with zero attached hydrogens (tertiary/aromatic N) is 1. The molecule has 1 aliphatic rings. The van der Waals surface area contributed by atoms with Crippen LogP contribution in [0.3, 0.4) is 0 Å². The van der Waals surface area contributed by atoms with E-state index < -0.39 is 0 Å². The summed E-state index contributed by atoms with van der Waals surface area (Å²) >= 11 is 2.16. The Bertz CT molecular complexity index is 488. The smallest absolute Gasteiger partial charge is 0.270 e. The molecule has 2 rings (SSSR count). The minimum Gasteiger partial charge on any atom is -0.381 e. The first-order valence-electron chi connectivity index (χ1n) is 6.60. The molecule has 4 nitrogen and oxygen atoms in total. The van der Waals surface area contributed by atoms with Crippen molar-refractivity contribution in [3.05, 3.63) is 31.9 Å². The Balaban J connectivity index is 2.17. The first-order chi connectivity index (χ1) is 8.90. The third-order valence-electron chi connectivity index (χ3n) is 4.00. The van der Waals surface area contributed by atoms with Gasteiger partial charge in [-0.25, -0.2) is 0 Å². The molecule has 0 heterocycles. The SMILES string of the molecule is CC1(C)CCCCC1Nc1ccc([N+](=O)[O-])cc1I. The molecular formula is C14H19IN2O2. The van der Waals surface area contributed by atoms with Gasteiger partial charge in [0.15, 0.2) is 0 Å². The fraction of sp³-hybridized carbons (Fsp3) is 0.571. The van der Waals surface area contributed by atoms with Crippen molar-refractivity contribution in [3.8, 4) is 0 Å². The minimum absolute atomic E-state index is 0.151. The van der Waals surface area contributed by atoms with E-state index in [-0.39, 0.29) is 16.0 Å². The summed E-state index contributed by atoms with van der Waals surface area (Å²) in [5.41, 5.74) is 1.44. The highest BCUT2D eigenvalue weighted by atomic mass is 127. The summed E-state index contributed by atoms with van der Waals surface area (Å²) < 4.78 is 0.910. The molecule has 1 N–H and O–H groups in total. The predicted molar refractivity (Wildman–Crippen MR) is 85.5 cm³/mol. The molecule has 1 aliphatic carbocycles. The largest absolute Gasteiger partial charge is 0.381 e. The maximum absolute atomic E-state index is 10.7. The maximum Gasteiger partial charge on any atom is 0.270 e. The molecule has 0 aliphatic heterocycles. The summed E-state index contributed by atoms with van der Waals surface area (Å²) in [6, 6.07) is 5.46. The molecule has 0 spiro atoms. The molecule has 0 aromatic heterocycles. The van der Waals surface area contributed by atoms with E-state index in [0.717, 1.165) is 9.26 Å². The fourth-order valence-corrected chi connectivity index (χ4v) is 3.34. The topological polar surface area (TPSA) is 55.2 Å². The number of halogens is 1. The van der Waals surface area contributed by atoms with Gasteiger partial charge in [-0.2, -0.15) is 0 Å². The lowest BCUT2D eigenvalue weighted by Crippen LogP contribution is -2.39. The van der Waals surface area contributed by atoms with Gasteiger partial charge >= 0.3 is 0 Å². The average Bonchev–Trinajstić information content (AvgIpc) is 2.33. The summed E-state index contributed by atoms with van der Waals surface area (Å²) in [7, 11) is 0. The van der Waals surface area contributed by atoms with Crippen LogP contribution in [-0.4, -0.2) is 11.0 Å². The van der Waals surface area contributed by atoms with Crippen molar-refractivity contribution >= 4 is 34.0 Å². The molecular weight excluding hydrogens is 355 g/mol. The molecule has 0 bridgehead atoms. The van der Waals surface area contributed by atoms with Crippen molar-refractivity contribution in [2.24, 2.45) is 5.41 Å². The number of nitro groups is 1. The summed E-state index contributed by atoms with van der Waals surface area (Å²) in [6.07, 6.45) is 4.95. The van der Waals surface area contributed by atoms with Gasteiger partial charge in [0.1, 0.15) is 0 Å². The molecule has 1 aromatic carbocycles. The van der Waals surface area contributed by atoms with E-state index in [9.17, 15) is 10.1 Å². The highest BCUT2D eigenvalue weighted by molar-refractivity contribution is 14.1. The van der Waals surface area contributed by atoms with Crippen molar-refractivity contribution in [1.82, 2.24) is 0 Å². The molecule has 1 unspecified atom stereocenters. The molecule has 104 valence electrons. The summed E-state index contributed by atoms with van der Waals surface area (Å²) in [5, 5.41) is 14.3. The van der Waals surface area contributed by atoms with Gasteiger partial charge in [0.05, 0.1) is 4.92 Å². The third-order valence-corrected chi connectivity index (χ3v) is 4.89. The highest BCUT2D eigenvalue weighted by Crippen LogP contribution is 2.38. The first kappa shape index (κ1) is 14.6. The zero-order valence-electron chi connectivity index (χ0n) is 11.3. The van der Waals surface area contributed by atoms with Crippen LogP contribution in [0.25, 0.3) is 0 Å². The number of non-ortho nitro benzene ring substituents is 1. The van der Waals surface area contributed by atoms with E-state index in [2.05, 4.69) is 41.8 Å². The Morgan fingerprint density at radius 1 is 1.42 bits per heavy atom. The Labute approximate surface area is 127 Å². The maximum atomic E-state index is 10.7. The molecule has 19 heavy (non-hydrogen) atoms. The number of nitro benzene ring substituents is 1.